The Labute approximate surface area is 288 Å². The van der Waals surface area contributed by atoms with E-state index in [1.54, 1.807) is 12.1 Å². The van der Waals surface area contributed by atoms with Gasteiger partial charge in [-0.2, -0.15) is 13.0 Å². The van der Waals surface area contributed by atoms with Crippen molar-refractivity contribution in [3.63, 3.8) is 0 Å². The monoisotopic (exact) mass is 712 g/mol. The Balaban J connectivity index is 1.61. The van der Waals surface area contributed by atoms with Crippen molar-refractivity contribution in [3.05, 3.63) is 81.9 Å². The van der Waals surface area contributed by atoms with Crippen molar-refractivity contribution in [1.29, 1.82) is 0 Å². The van der Waals surface area contributed by atoms with Gasteiger partial charge in [0.05, 0.1) is 15.2 Å². The zero-order valence-electron chi connectivity index (χ0n) is 28.5. The summed E-state index contributed by atoms with van der Waals surface area (Å²) in [5.74, 6) is -0.0597. The molecule has 0 unspecified atom stereocenters. The average Bonchev–Trinajstić information content (AvgIpc) is 3.37. The summed E-state index contributed by atoms with van der Waals surface area (Å²) in [4.78, 5) is 16.6. The predicted octanol–water partition coefficient (Wildman–Crippen LogP) is 5.85. The van der Waals surface area contributed by atoms with Crippen molar-refractivity contribution >= 4 is 43.2 Å². The van der Waals surface area contributed by atoms with E-state index in [2.05, 4.69) is 24.8 Å². The number of rotatable bonds is 15. The van der Waals surface area contributed by atoms with Crippen molar-refractivity contribution in [3.8, 4) is 0 Å². The summed E-state index contributed by atoms with van der Waals surface area (Å²) >= 11 is 0. The Hall–Kier alpha value is -4.01. The van der Waals surface area contributed by atoms with Crippen LogP contribution in [0.1, 0.15) is 77.8 Å². The number of benzene rings is 2. The largest absolute Gasteiger partial charge is 0.744 e. The van der Waals surface area contributed by atoms with Gasteiger partial charge in [-0.05, 0) is 87.5 Å². The number of hydrogen-bond donors (Lipinski definition) is 2. The second-order valence-electron chi connectivity index (χ2n) is 13.2. The molecule has 15 heteroatoms. The first-order chi connectivity index (χ1) is 22.9. The number of fused-ring (bicyclic) bond motifs is 2. The number of carbonyl (C=O) groups excluding carboxylic acids is 1. The highest BCUT2D eigenvalue weighted by molar-refractivity contribution is 7.86. The first-order valence-electron chi connectivity index (χ1n) is 16.3. The topological polar surface area (TPSA) is 196 Å². The molecular weight excluding hydrogens is 669 g/mol. The maximum atomic E-state index is 12.2. The van der Waals surface area contributed by atoms with Crippen LogP contribution in [0.15, 0.2) is 75.2 Å². The van der Waals surface area contributed by atoms with E-state index in [1.807, 2.05) is 52.8 Å². The van der Waals surface area contributed by atoms with Gasteiger partial charge in [0.15, 0.2) is 5.71 Å². The molecule has 0 spiro atoms. The predicted molar refractivity (Wildman–Crippen MR) is 187 cm³/mol. The molecule has 2 N–H and O–H groups in total. The molecule has 13 nitrogen and oxygen atoms in total. The molecule has 0 saturated carbocycles. The van der Waals surface area contributed by atoms with Crippen molar-refractivity contribution < 1.29 is 35.3 Å². The van der Waals surface area contributed by atoms with Crippen LogP contribution in [0.4, 0.5) is 11.4 Å². The van der Waals surface area contributed by atoms with E-state index < -0.39 is 31.1 Å². The zero-order valence-corrected chi connectivity index (χ0v) is 30.1. The Morgan fingerprint density at radius 1 is 1.02 bits per heavy atom. The third-order valence-electron chi connectivity index (χ3n) is 9.24. The van der Waals surface area contributed by atoms with E-state index in [-0.39, 0.29) is 15.7 Å². The minimum atomic E-state index is -4.67. The number of carbonyl (C=O) groups is 1. The van der Waals surface area contributed by atoms with Gasteiger partial charge in [-0.15, -0.1) is 0 Å². The normalized spacial score (nSPS) is 17.4. The average molecular weight is 713 g/mol. The summed E-state index contributed by atoms with van der Waals surface area (Å²) in [6.07, 6.45) is 9.06. The maximum absolute atomic E-state index is 12.2. The van der Waals surface area contributed by atoms with E-state index in [0.29, 0.717) is 45.4 Å². The third-order valence-corrected chi connectivity index (χ3v) is 10.9. The van der Waals surface area contributed by atoms with Crippen LogP contribution >= 0.6 is 0 Å². The molecule has 0 aromatic heterocycles. The lowest BCUT2D eigenvalue weighted by Crippen LogP contribution is -2.28. The van der Waals surface area contributed by atoms with Gasteiger partial charge in [-0.25, -0.2) is 8.42 Å². The van der Waals surface area contributed by atoms with Crippen LogP contribution in [0.25, 0.3) is 10.4 Å². The lowest BCUT2D eigenvalue weighted by atomic mass is 9.81. The molecule has 4 rings (SSSR count). The van der Waals surface area contributed by atoms with Crippen molar-refractivity contribution in [2.45, 2.75) is 87.3 Å². The summed E-state index contributed by atoms with van der Waals surface area (Å²) in [6, 6.07) is 9.09. The SMILES string of the molecule is CCN1C(=CC=CC2=[N+](CCCCCC(=O)NCCCN=[N+]=[N-])c3ccc(S(=O)(=O)[O-])cc3C2(C)C)C(C)(C)c2cc(S(=O)(=O)O)ccc21. The van der Waals surface area contributed by atoms with Crippen LogP contribution in [-0.2, 0) is 35.9 Å². The molecule has 49 heavy (non-hydrogen) atoms. The van der Waals surface area contributed by atoms with Gasteiger partial charge in [0.25, 0.3) is 10.1 Å². The van der Waals surface area contributed by atoms with Crippen molar-refractivity contribution in [1.82, 2.24) is 5.32 Å². The minimum absolute atomic E-state index is 0.0597. The molecule has 0 aliphatic carbocycles. The highest BCUT2D eigenvalue weighted by Gasteiger charge is 2.45. The van der Waals surface area contributed by atoms with Crippen molar-refractivity contribution in [2.75, 3.05) is 31.1 Å². The molecule has 0 radical (unpaired) electrons. The Kier molecular flexibility index (Phi) is 11.5. The van der Waals surface area contributed by atoms with Crippen molar-refractivity contribution in [2.24, 2.45) is 5.11 Å². The van der Waals surface area contributed by atoms with Crippen LogP contribution in [0, 0.1) is 0 Å². The molecule has 2 aliphatic rings. The molecule has 264 valence electrons. The first-order valence-corrected chi connectivity index (χ1v) is 19.1. The van der Waals surface area contributed by atoms with Crippen LogP contribution in [0.5, 0.6) is 0 Å². The molecule has 0 saturated heterocycles. The summed E-state index contributed by atoms with van der Waals surface area (Å²) in [7, 11) is -9.04. The van der Waals surface area contributed by atoms with E-state index >= 15 is 0 Å². The molecule has 1 amide bonds. The summed E-state index contributed by atoms with van der Waals surface area (Å²) in [5, 5.41) is 6.28. The van der Waals surface area contributed by atoms with E-state index in [9.17, 15) is 30.7 Å². The van der Waals surface area contributed by atoms with Crippen LogP contribution in [0.2, 0.25) is 0 Å². The number of azide groups is 1. The van der Waals surface area contributed by atoms with Crippen LogP contribution in [-0.4, -0.2) is 68.3 Å². The standard InChI is InChI=1S/C34H44N6O7S2/c1-6-39-28-17-15-24(48(42,43)44)22-26(28)33(2,3)30(39)12-10-13-31-34(4,5)27-23-25(49(45,46)47)16-18-29(27)40(31)21-9-7-8-14-32(41)36-19-11-20-37-38-35/h10,12-13,15-18,22-23H,6-9,11,14,19-21H2,1-5H3,(H2-,36,41,42,43,44,45,46,47). The lowest BCUT2D eigenvalue weighted by Gasteiger charge is -2.25. The Bertz CT molecular complexity index is 1980. The van der Waals surface area contributed by atoms with Gasteiger partial charge in [0.1, 0.15) is 16.7 Å². The number of unbranched alkanes of at least 4 members (excludes halogenated alkanes) is 2. The quantitative estimate of drug-likeness (QED) is 0.0573. The molecule has 0 fully saturated rings. The molecule has 2 aromatic carbocycles. The van der Waals surface area contributed by atoms with Crippen LogP contribution in [0.3, 0.4) is 0 Å². The van der Waals surface area contributed by atoms with Gasteiger partial charge in [-0.3, -0.25) is 9.35 Å². The number of anilines is 1. The third kappa shape index (κ3) is 8.25. The second-order valence-corrected chi connectivity index (χ2v) is 16.0. The van der Waals surface area contributed by atoms with Gasteiger partial charge >= 0.3 is 0 Å². The van der Waals surface area contributed by atoms with E-state index in [4.69, 9.17) is 5.53 Å². The molecule has 2 aromatic rings. The summed E-state index contributed by atoms with van der Waals surface area (Å²) in [5.41, 5.74) is 12.1. The van der Waals surface area contributed by atoms with Gasteiger partial charge < -0.3 is 14.8 Å². The highest BCUT2D eigenvalue weighted by atomic mass is 32.2. The fourth-order valence-electron chi connectivity index (χ4n) is 6.68. The number of allylic oxidation sites excluding steroid dienone is 4. The molecular formula is C34H44N6O7S2. The minimum Gasteiger partial charge on any atom is -0.744 e. The van der Waals surface area contributed by atoms with Gasteiger partial charge in [0, 0.05) is 71.9 Å². The van der Waals surface area contributed by atoms with E-state index in [0.717, 1.165) is 46.8 Å². The molecule has 0 bridgehead atoms. The maximum Gasteiger partial charge on any atom is 0.294 e. The number of nitrogens with one attached hydrogen (secondary N) is 1. The molecule has 2 aliphatic heterocycles. The first kappa shape index (κ1) is 37.8. The van der Waals surface area contributed by atoms with Crippen LogP contribution < -0.4 is 10.2 Å². The number of likely N-dealkylation sites (N-methyl/N-ethyl adjacent to an activating group) is 1. The van der Waals surface area contributed by atoms with E-state index in [1.165, 1.54) is 24.3 Å². The fourth-order valence-corrected chi connectivity index (χ4v) is 7.68. The van der Waals surface area contributed by atoms with Gasteiger partial charge in [0.2, 0.25) is 11.6 Å². The molecule has 0 atom stereocenters. The van der Waals surface area contributed by atoms with Gasteiger partial charge in [-0.1, -0.05) is 25.0 Å². The summed E-state index contributed by atoms with van der Waals surface area (Å²) < 4.78 is 71.4. The Morgan fingerprint density at radius 2 is 1.71 bits per heavy atom. The highest BCUT2D eigenvalue weighted by Crippen LogP contribution is 2.48. The second kappa shape index (κ2) is 14.9. The number of nitrogens with zero attached hydrogens (tertiary/aromatic N) is 5. The molecule has 2 heterocycles. The number of hydrogen-bond acceptors (Lipinski definition) is 8. The fraction of sp³-hybridized carbons (Fsp3) is 0.471. The summed E-state index contributed by atoms with van der Waals surface area (Å²) in [6.45, 7) is 12.0. The number of amides is 1. The lowest BCUT2D eigenvalue weighted by molar-refractivity contribution is -0.438. The Morgan fingerprint density at radius 3 is 2.37 bits per heavy atom. The zero-order chi connectivity index (χ0) is 36.2. The smallest absolute Gasteiger partial charge is 0.294 e.